The van der Waals surface area contributed by atoms with Gasteiger partial charge in [0.1, 0.15) is 5.82 Å². The third kappa shape index (κ3) is 1.46. The largest absolute Gasteiger partial charge is 0.337 e. The lowest BCUT2D eigenvalue weighted by atomic mass is 10.1. The summed E-state index contributed by atoms with van der Waals surface area (Å²) in [5, 5.41) is 3.60. The van der Waals surface area contributed by atoms with Crippen molar-refractivity contribution in [2.75, 3.05) is 0 Å². The number of hydrogen-bond donors (Lipinski definition) is 1. The lowest BCUT2D eigenvalue weighted by Gasteiger charge is -2.13. The third-order valence-electron chi connectivity index (χ3n) is 3.71. The number of fused-ring (bicyclic) bond motifs is 1. The molecule has 2 fully saturated rings. The van der Waals surface area contributed by atoms with Gasteiger partial charge in [-0.1, -0.05) is 0 Å². The summed E-state index contributed by atoms with van der Waals surface area (Å²) in [4.78, 5) is 4.31. The van der Waals surface area contributed by atoms with Gasteiger partial charge in [-0.05, 0) is 31.1 Å². The van der Waals surface area contributed by atoms with Gasteiger partial charge in [-0.15, -0.1) is 0 Å². The topological polar surface area (TPSA) is 29.9 Å². The van der Waals surface area contributed by atoms with Crippen LogP contribution < -0.4 is 5.32 Å². The van der Waals surface area contributed by atoms with Gasteiger partial charge in [-0.3, -0.25) is 0 Å². The van der Waals surface area contributed by atoms with E-state index in [-0.39, 0.29) is 0 Å². The Morgan fingerprint density at radius 2 is 2.21 bits per heavy atom. The SMILES string of the molecule is Cn1ccnc1CNC1CC2CC2C1. The molecule has 76 valence electrons. The highest BCUT2D eigenvalue weighted by Crippen LogP contribution is 2.51. The van der Waals surface area contributed by atoms with E-state index in [4.69, 9.17) is 0 Å². The fourth-order valence-corrected chi connectivity index (χ4v) is 2.68. The minimum absolute atomic E-state index is 0.760. The Morgan fingerprint density at radius 3 is 2.86 bits per heavy atom. The first kappa shape index (κ1) is 8.48. The minimum Gasteiger partial charge on any atom is -0.337 e. The summed E-state index contributed by atoms with van der Waals surface area (Å²) in [5.74, 6) is 3.27. The Balaban J connectivity index is 1.52. The van der Waals surface area contributed by atoms with E-state index in [0.717, 1.165) is 30.2 Å². The lowest BCUT2D eigenvalue weighted by Crippen LogP contribution is -2.28. The number of nitrogens with zero attached hydrogens (tertiary/aromatic N) is 2. The van der Waals surface area contributed by atoms with Crippen molar-refractivity contribution in [3.8, 4) is 0 Å². The van der Waals surface area contributed by atoms with Gasteiger partial charge in [0.2, 0.25) is 0 Å². The number of aromatic nitrogens is 2. The van der Waals surface area contributed by atoms with Crippen LogP contribution in [0, 0.1) is 11.8 Å². The fraction of sp³-hybridized carbons (Fsp3) is 0.727. The van der Waals surface area contributed by atoms with Crippen LogP contribution in [0.2, 0.25) is 0 Å². The number of rotatable bonds is 3. The molecular formula is C11H17N3. The first-order valence-electron chi connectivity index (χ1n) is 5.52. The van der Waals surface area contributed by atoms with E-state index in [2.05, 4.69) is 21.9 Å². The molecule has 1 aromatic rings. The van der Waals surface area contributed by atoms with E-state index in [1.807, 2.05) is 12.4 Å². The quantitative estimate of drug-likeness (QED) is 0.780. The molecule has 0 spiro atoms. The highest BCUT2D eigenvalue weighted by molar-refractivity contribution is 5.00. The second kappa shape index (κ2) is 3.09. The Labute approximate surface area is 84.5 Å². The molecule has 2 aliphatic rings. The molecule has 3 rings (SSSR count). The molecule has 14 heavy (non-hydrogen) atoms. The van der Waals surface area contributed by atoms with Gasteiger partial charge < -0.3 is 9.88 Å². The molecule has 2 saturated carbocycles. The summed E-state index contributed by atoms with van der Waals surface area (Å²) in [6.45, 7) is 0.924. The molecule has 0 aromatic carbocycles. The molecule has 2 atom stereocenters. The molecule has 2 aliphatic carbocycles. The maximum atomic E-state index is 4.31. The van der Waals surface area contributed by atoms with E-state index >= 15 is 0 Å². The molecule has 1 N–H and O–H groups in total. The second-order valence-corrected chi connectivity index (χ2v) is 4.76. The van der Waals surface area contributed by atoms with Crippen LogP contribution in [0.3, 0.4) is 0 Å². The predicted octanol–water partition coefficient (Wildman–Crippen LogP) is 1.31. The highest BCUT2D eigenvalue weighted by atomic mass is 15.1. The fourth-order valence-electron chi connectivity index (χ4n) is 2.68. The molecular weight excluding hydrogens is 174 g/mol. The Kier molecular flexibility index (Phi) is 1.87. The Morgan fingerprint density at radius 1 is 1.43 bits per heavy atom. The molecule has 0 bridgehead atoms. The van der Waals surface area contributed by atoms with Gasteiger partial charge in [-0.25, -0.2) is 4.98 Å². The number of hydrogen-bond acceptors (Lipinski definition) is 2. The molecule has 3 heteroatoms. The van der Waals surface area contributed by atoms with Crippen molar-refractivity contribution in [2.45, 2.75) is 31.8 Å². The van der Waals surface area contributed by atoms with E-state index in [1.165, 1.54) is 19.3 Å². The van der Waals surface area contributed by atoms with Gasteiger partial charge >= 0.3 is 0 Å². The van der Waals surface area contributed by atoms with Gasteiger partial charge in [0.25, 0.3) is 0 Å². The monoisotopic (exact) mass is 191 g/mol. The Bertz CT molecular complexity index is 321. The summed E-state index contributed by atoms with van der Waals surface area (Å²) in [7, 11) is 2.05. The van der Waals surface area contributed by atoms with Crippen LogP contribution in [0.25, 0.3) is 0 Å². The van der Waals surface area contributed by atoms with Crippen LogP contribution in [0.4, 0.5) is 0 Å². The molecule has 0 saturated heterocycles. The zero-order valence-corrected chi connectivity index (χ0v) is 8.61. The predicted molar refractivity (Wildman–Crippen MR) is 54.7 cm³/mol. The van der Waals surface area contributed by atoms with Gasteiger partial charge in [0.05, 0.1) is 6.54 Å². The Hall–Kier alpha value is -0.830. The zero-order valence-electron chi connectivity index (χ0n) is 8.61. The molecule has 0 aliphatic heterocycles. The molecule has 0 radical (unpaired) electrons. The summed E-state index contributed by atoms with van der Waals surface area (Å²) in [6.07, 6.45) is 8.16. The second-order valence-electron chi connectivity index (χ2n) is 4.76. The van der Waals surface area contributed by atoms with Gasteiger partial charge in [-0.2, -0.15) is 0 Å². The standard InChI is InChI=1S/C11H17N3/c1-14-3-2-12-11(14)7-13-10-5-8-4-9(8)6-10/h2-3,8-10,13H,4-7H2,1H3. The first-order chi connectivity index (χ1) is 6.83. The van der Waals surface area contributed by atoms with Crippen LogP contribution >= 0.6 is 0 Å². The smallest absolute Gasteiger partial charge is 0.122 e. The maximum Gasteiger partial charge on any atom is 0.122 e. The van der Waals surface area contributed by atoms with Crippen LogP contribution in [0.5, 0.6) is 0 Å². The minimum atomic E-state index is 0.760. The highest BCUT2D eigenvalue weighted by Gasteiger charge is 2.45. The zero-order chi connectivity index (χ0) is 9.54. The number of aryl methyl sites for hydroxylation is 1. The molecule has 1 aromatic heterocycles. The van der Waals surface area contributed by atoms with Crippen molar-refractivity contribution >= 4 is 0 Å². The molecule has 3 nitrogen and oxygen atoms in total. The van der Waals surface area contributed by atoms with Crippen molar-refractivity contribution in [1.82, 2.24) is 14.9 Å². The molecule has 2 unspecified atom stereocenters. The van der Waals surface area contributed by atoms with Crippen LogP contribution in [-0.2, 0) is 13.6 Å². The van der Waals surface area contributed by atoms with Crippen LogP contribution in [-0.4, -0.2) is 15.6 Å². The van der Waals surface area contributed by atoms with Crippen molar-refractivity contribution in [3.05, 3.63) is 18.2 Å². The first-order valence-corrected chi connectivity index (χ1v) is 5.52. The van der Waals surface area contributed by atoms with E-state index in [0.29, 0.717) is 0 Å². The van der Waals surface area contributed by atoms with E-state index < -0.39 is 0 Å². The normalized spacial score (nSPS) is 34.5. The summed E-state index contributed by atoms with van der Waals surface area (Å²) >= 11 is 0. The lowest BCUT2D eigenvalue weighted by molar-refractivity contribution is 0.468. The third-order valence-corrected chi connectivity index (χ3v) is 3.71. The summed E-state index contributed by atoms with van der Waals surface area (Å²) in [5.41, 5.74) is 0. The molecule has 0 amide bonds. The van der Waals surface area contributed by atoms with Crippen molar-refractivity contribution < 1.29 is 0 Å². The molecule has 1 heterocycles. The average Bonchev–Trinajstić information content (AvgIpc) is 2.61. The van der Waals surface area contributed by atoms with Crippen molar-refractivity contribution in [1.29, 1.82) is 0 Å². The van der Waals surface area contributed by atoms with Crippen LogP contribution in [0.1, 0.15) is 25.1 Å². The van der Waals surface area contributed by atoms with E-state index in [1.54, 1.807) is 0 Å². The number of imidazole rings is 1. The van der Waals surface area contributed by atoms with Gasteiger partial charge in [0.15, 0.2) is 0 Å². The van der Waals surface area contributed by atoms with E-state index in [9.17, 15) is 0 Å². The van der Waals surface area contributed by atoms with Gasteiger partial charge in [0, 0.05) is 25.5 Å². The number of nitrogens with one attached hydrogen (secondary N) is 1. The van der Waals surface area contributed by atoms with Crippen molar-refractivity contribution in [3.63, 3.8) is 0 Å². The summed E-state index contributed by atoms with van der Waals surface area (Å²) in [6, 6.07) is 0.760. The maximum absolute atomic E-state index is 4.31. The summed E-state index contributed by atoms with van der Waals surface area (Å²) < 4.78 is 2.09. The van der Waals surface area contributed by atoms with Crippen LogP contribution in [0.15, 0.2) is 12.4 Å². The van der Waals surface area contributed by atoms with Crippen molar-refractivity contribution in [2.24, 2.45) is 18.9 Å². The average molecular weight is 191 g/mol.